The van der Waals surface area contributed by atoms with E-state index in [4.69, 9.17) is 5.14 Å². The molecule has 1 aromatic heterocycles. The molecule has 1 heterocycles. The quantitative estimate of drug-likeness (QED) is 0.765. The first-order valence-corrected chi connectivity index (χ1v) is 5.41. The van der Waals surface area contributed by atoms with Crippen molar-refractivity contribution in [1.29, 1.82) is 0 Å². The van der Waals surface area contributed by atoms with Crippen molar-refractivity contribution in [3.63, 3.8) is 0 Å². The molecule has 0 aliphatic rings. The van der Waals surface area contributed by atoms with Crippen LogP contribution in [-0.2, 0) is 0 Å². The maximum Gasteiger partial charge on any atom is 0.138 e. The third-order valence-electron chi connectivity index (χ3n) is 1.54. The summed E-state index contributed by atoms with van der Waals surface area (Å²) in [7, 11) is 0. The predicted octanol–water partition coefficient (Wildman–Crippen LogP) is 3.15. The van der Waals surface area contributed by atoms with Crippen molar-refractivity contribution in [2.45, 2.75) is 44.9 Å². The van der Waals surface area contributed by atoms with E-state index in [1.54, 1.807) is 0 Å². The van der Waals surface area contributed by atoms with Crippen molar-refractivity contribution in [1.82, 2.24) is 5.16 Å². The second kappa shape index (κ2) is 8.13. The van der Waals surface area contributed by atoms with Crippen molar-refractivity contribution in [2.75, 3.05) is 0 Å². The van der Waals surface area contributed by atoms with Crippen LogP contribution in [0.3, 0.4) is 0 Å². The van der Waals surface area contributed by atoms with E-state index in [0.717, 1.165) is 22.5 Å². The summed E-state index contributed by atoms with van der Waals surface area (Å²) in [6.45, 7) is 6.27. The Balaban J connectivity index is 0.000000252. The van der Waals surface area contributed by atoms with Crippen molar-refractivity contribution in [2.24, 2.45) is 5.14 Å². The highest BCUT2D eigenvalue weighted by atomic mass is 32.2. The van der Waals surface area contributed by atoms with Crippen LogP contribution in [0, 0.1) is 6.92 Å². The maximum atomic E-state index is 5.21. The van der Waals surface area contributed by atoms with Crippen LogP contribution >= 0.6 is 11.9 Å². The Hall–Kier alpha value is -0.480. The lowest BCUT2D eigenvalue weighted by Gasteiger charge is -1.82. The Bertz CT molecular complexity index is 211. The fraction of sp³-hybridized carbons (Fsp3) is 0.667. The zero-order valence-corrected chi connectivity index (χ0v) is 9.36. The molecule has 0 saturated heterocycles. The molecule has 0 atom stereocenters. The number of rotatable bonds is 3. The topological polar surface area (TPSA) is 52.0 Å². The first kappa shape index (κ1) is 12.5. The van der Waals surface area contributed by atoms with E-state index in [9.17, 15) is 0 Å². The fourth-order valence-corrected chi connectivity index (χ4v) is 1.06. The Kier molecular flexibility index (Phi) is 7.83. The number of aromatic nitrogens is 1. The third-order valence-corrected chi connectivity index (χ3v) is 2.19. The van der Waals surface area contributed by atoms with Crippen LogP contribution in [-0.4, -0.2) is 5.16 Å². The summed E-state index contributed by atoms with van der Waals surface area (Å²) in [6, 6.07) is 0. The van der Waals surface area contributed by atoms with Gasteiger partial charge < -0.3 is 4.52 Å². The highest BCUT2D eigenvalue weighted by molar-refractivity contribution is 7.97. The number of nitrogens with two attached hydrogens (primary N) is 1. The molecular weight excluding hydrogens is 184 g/mol. The highest BCUT2D eigenvalue weighted by Crippen LogP contribution is 2.13. The molecule has 1 aromatic rings. The first-order valence-electron chi connectivity index (χ1n) is 4.53. The summed E-state index contributed by atoms with van der Waals surface area (Å²) in [5, 5.41) is 8.82. The lowest BCUT2D eigenvalue weighted by atomic mass is 10.3. The minimum Gasteiger partial charge on any atom is -0.363 e. The van der Waals surface area contributed by atoms with Gasteiger partial charge in [0.25, 0.3) is 0 Å². The zero-order chi connectivity index (χ0) is 10.1. The van der Waals surface area contributed by atoms with Gasteiger partial charge in [0, 0.05) is 0 Å². The van der Waals surface area contributed by atoms with Gasteiger partial charge in [0.15, 0.2) is 0 Å². The minimum atomic E-state index is 0.845. The number of aryl methyl sites for hydroxylation is 1. The highest BCUT2D eigenvalue weighted by Gasteiger charge is 1.97. The van der Waals surface area contributed by atoms with Crippen molar-refractivity contribution >= 4 is 11.9 Å². The summed E-state index contributed by atoms with van der Waals surface area (Å²) in [5.41, 5.74) is 0.845. The Morgan fingerprint density at radius 3 is 2.23 bits per heavy atom. The van der Waals surface area contributed by atoms with Gasteiger partial charge in [-0.1, -0.05) is 38.3 Å². The fourth-order valence-electron chi connectivity index (χ4n) is 0.750. The number of nitrogens with zero attached hydrogens (tertiary/aromatic N) is 1. The van der Waals surface area contributed by atoms with E-state index in [0.29, 0.717) is 0 Å². The van der Waals surface area contributed by atoms with Gasteiger partial charge in [-0.25, -0.2) is 0 Å². The molecule has 4 heteroatoms. The molecule has 0 saturated carbocycles. The van der Waals surface area contributed by atoms with Gasteiger partial charge in [-0.3, -0.25) is 5.14 Å². The van der Waals surface area contributed by atoms with Crippen LogP contribution in [0.1, 0.15) is 38.8 Å². The lowest BCUT2D eigenvalue weighted by Crippen LogP contribution is -1.78. The van der Waals surface area contributed by atoms with Gasteiger partial charge in [0.2, 0.25) is 0 Å². The molecule has 0 bridgehead atoms. The standard InChI is InChI=1S/C5H12.C4H6N2OS/c1-3-5-4-2;1-3-4(8-5)2-7-6-3/h3-5H2,1-2H3;2H,5H2,1H3. The van der Waals surface area contributed by atoms with Gasteiger partial charge in [-0.15, -0.1) is 0 Å². The second-order valence-corrected chi connectivity index (χ2v) is 3.41. The molecule has 0 aromatic carbocycles. The van der Waals surface area contributed by atoms with E-state index >= 15 is 0 Å². The normalized spacial score (nSPS) is 9.23. The van der Waals surface area contributed by atoms with Gasteiger partial charge in [-0.2, -0.15) is 0 Å². The molecule has 2 N–H and O–H groups in total. The Morgan fingerprint density at radius 2 is 2.08 bits per heavy atom. The van der Waals surface area contributed by atoms with Crippen molar-refractivity contribution < 1.29 is 4.52 Å². The van der Waals surface area contributed by atoms with Crippen LogP contribution in [0.2, 0.25) is 0 Å². The lowest BCUT2D eigenvalue weighted by molar-refractivity contribution is 0.413. The van der Waals surface area contributed by atoms with Gasteiger partial charge in [-0.05, 0) is 18.9 Å². The molecule has 0 radical (unpaired) electrons. The first-order chi connectivity index (χ1) is 6.26. The van der Waals surface area contributed by atoms with Crippen molar-refractivity contribution in [3.8, 4) is 0 Å². The van der Waals surface area contributed by atoms with Crippen LogP contribution in [0.5, 0.6) is 0 Å². The summed E-state index contributed by atoms with van der Waals surface area (Å²) in [4.78, 5) is 0.894. The summed E-state index contributed by atoms with van der Waals surface area (Å²) >= 11 is 1.15. The molecule has 0 unspecified atom stereocenters. The van der Waals surface area contributed by atoms with E-state index in [1.807, 2.05) is 6.92 Å². The Labute approximate surface area is 84.2 Å². The second-order valence-electron chi connectivity index (χ2n) is 2.74. The minimum absolute atomic E-state index is 0.845. The van der Waals surface area contributed by atoms with E-state index in [1.165, 1.54) is 25.5 Å². The van der Waals surface area contributed by atoms with Crippen molar-refractivity contribution in [3.05, 3.63) is 12.0 Å². The average molecular weight is 202 g/mol. The SMILES string of the molecule is CCCCC.Cc1nocc1SN. The molecule has 76 valence electrons. The number of hydrogen-bond donors (Lipinski definition) is 1. The molecule has 13 heavy (non-hydrogen) atoms. The summed E-state index contributed by atoms with van der Waals surface area (Å²) in [6.07, 6.45) is 5.60. The molecule has 0 spiro atoms. The molecule has 0 aliphatic heterocycles. The van der Waals surface area contributed by atoms with Gasteiger partial charge in [0.1, 0.15) is 6.26 Å². The molecule has 0 aliphatic carbocycles. The van der Waals surface area contributed by atoms with E-state index < -0.39 is 0 Å². The van der Waals surface area contributed by atoms with Gasteiger partial charge >= 0.3 is 0 Å². The summed E-state index contributed by atoms with van der Waals surface area (Å²) < 4.78 is 4.59. The summed E-state index contributed by atoms with van der Waals surface area (Å²) in [5.74, 6) is 0. The average Bonchev–Trinajstić information content (AvgIpc) is 2.53. The van der Waals surface area contributed by atoms with Crippen LogP contribution in [0.4, 0.5) is 0 Å². The molecule has 3 nitrogen and oxygen atoms in total. The van der Waals surface area contributed by atoms with Crippen LogP contribution in [0.15, 0.2) is 15.7 Å². The number of unbranched alkanes of at least 4 members (excludes halogenated alkanes) is 2. The predicted molar refractivity (Wildman–Crippen MR) is 56.5 cm³/mol. The Morgan fingerprint density at radius 1 is 1.46 bits per heavy atom. The molecule has 1 rings (SSSR count). The largest absolute Gasteiger partial charge is 0.363 e. The van der Waals surface area contributed by atoms with Crippen LogP contribution in [0.25, 0.3) is 0 Å². The van der Waals surface area contributed by atoms with Gasteiger partial charge in [0.05, 0.1) is 10.6 Å². The van der Waals surface area contributed by atoms with E-state index in [2.05, 4.69) is 23.5 Å². The molecule has 0 fully saturated rings. The maximum absolute atomic E-state index is 5.21. The smallest absolute Gasteiger partial charge is 0.138 e. The zero-order valence-electron chi connectivity index (χ0n) is 8.54. The monoisotopic (exact) mass is 202 g/mol. The van der Waals surface area contributed by atoms with E-state index in [-0.39, 0.29) is 0 Å². The molecule has 0 amide bonds. The molecular formula is C9H18N2OS. The van der Waals surface area contributed by atoms with Crippen LogP contribution < -0.4 is 5.14 Å². The number of hydrogen-bond acceptors (Lipinski definition) is 4. The third kappa shape index (κ3) is 5.71.